The van der Waals surface area contributed by atoms with Crippen LogP contribution in [-0.2, 0) is 19.5 Å². The molecular formula is C12H20N2O4S. The third-order valence-corrected chi connectivity index (χ3v) is 4.48. The van der Waals surface area contributed by atoms with E-state index in [1.807, 2.05) is 0 Å². The van der Waals surface area contributed by atoms with Crippen molar-refractivity contribution < 1.29 is 17.9 Å². The average Bonchev–Trinajstić information content (AvgIpc) is 2.38. The number of ether oxygens (including phenoxy) is 2. The Kier molecular flexibility index (Phi) is 6.23. The monoisotopic (exact) mass is 288 g/mol. The van der Waals surface area contributed by atoms with Crippen molar-refractivity contribution in [1.82, 2.24) is 4.31 Å². The van der Waals surface area contributed by atoms with Gasteiger partial charge in [-0.25, -0.2) is 8.42 Å². The molecule has 2 N–H and O–H groups in total. The molecule has 0 aliphatic carbocycles. The van der Waals surface area contributed by atoms with Gasteiger partial charge in [0.25, 0.3) is 0 Å². The quantitative estimate of drug-likeness (QED) is 0.707. The first-order valence-electron chi connectivity index (χ1n) is 5.86. The van der Waals surface area contributed by atoms with E-state index in [0.29, 0.717) is 18.9 Å². The maximum atomic E-state index is 12.5. The van der Waals surface area contributed by atoms with Crippen molar-refractivity contribution >= 4 is 15.7 Å². The SMILES string of the molecule is COCCN(CCOC)S(=O)(=O)c1cccc(N)c1. The van der Waals surface area contributed by atoms with Crippen LogP contribution in [0.4, 0.5) is 5.69 Å². The molecule has 1 aromatic carbocycles. The summed E-state index contributed by atoms with van der Waals surface area (Å²) in [5.41, 5.74) is 6.04. The zero-order chi connectivity index (χ0) is 14.3. The molecule has 0 bridgehead atoms. The van der Waals surface area contributed by atoms with Crippen molar-refractivity contribution in [2.45, 2.75) is 4.90 Å². The van der Waals surface area contributed by atoms with E-state index >= 15 is 0 Å². The van der Waals surface area contributed by atoms with Gasteiger partial charge in [0.15, 0.2) is 0 Å². The lowest BCUT2D eigenvalue weighted by molar-refractivity contribution is 0.150. The molecule has 0 atom stereocenters. The lowest BCUT2D eigenvalue weighted by Gasteiger charge is -2.21. The van der Waals surface area contributed by atoms with E-state index in [-0.39, 0.29) is 18.0 Å². The highest BCUT2D eigenvalue weighted by atomic mass is 32.2. The summed E-state index contributed by atoms with van der Waals surface area (Å²) in [6.45, 7) is 1.20. The molecule has 1 aromatic rings. The van der Waals surface area contributed by atoms with Crippen molar-refractivity contribution in [2.24, 2.45) is 0 Å². The van der Waals surface area contributed by atoms with Crippen LogP contribution in [0.3, 0.4) is 0 Å². The molecule has 0 spiro atoms. The number of anilines is 1. The van der Waals surface area contributed by atoms with Gasteiger partial charge in [0, 0.05) is 33.0 Å². The fraction of sp³-hybridized carbons (Fsp3) is 0.500. The van der Waals surface area contributed by atoms with Crippen LogP contribution >= 0.6 is 0 Å². The van der Waals surface area contributed by atoms with Crippen molar-refractivity contribution in [3.05, 3.63) is 24.3 Å². The van der Waals surface area contributed by atoms with Crippen LogP contribution in [0.15, 0.2) is 29.2 Å². The molecule has 0 radical (unpaired) electrons. The van der Waals surface area contributed by atoms with Gasteiger partial charge in [0.05, 0.1) is 18.1 Å². The number of hydrogen-bond acceptors (Lipinski definition) is 5. The first-order chi connectivity index (χ1) is 9.02. The second-order valence-corrected chi connectivity index (χ2v) is 5.90. The number of nitrogens with zero attached hydrogens (tertiary/aromatic N) is 1. The molecule has 0 unspecified atom stereocenters. The molecule has 1 rings (SSSR count). The van der Waals surface area contributed by atoms with Crippen LogP contribution < -0.4 is 5.73 Å². The normalized spacial score (nSPS) is 11.9. The highest BCUT2D eigenvalue weighted by Gasteiger charge is 2.23. The molecule has 108 valence electrons. The van der Waals surface area contributed by atoms with Crippen LogP contribution in [0.25, 0.3) is 0 Å². The number of benzene rings is 1. The minimum atomic E-state index is -3.57. The first-order valence-corrected chi connectivity index (χ1v) is 7.30. The maximum absolute atomic E-state index is 12.5. The van der Waals surface area contributed by atoms with Gasteiger partial charge < -0.3 is 15.2 Å². The predicted molar refractivity (Wildman–Crippen MR) is 73.4 cm³/mol. The van der Waals surface area contributed by atoms with E-state index in [1.165, 1.54) is 30.7 Å². The van der Waals surface area contributed by atoms with Gasteiger partial charge in [0.2, 0.25) is 10.0 Å². The highest BCUT2D eigenvalue weighted by Crippen LogP contribution is 2.17. The molecule has 0 fully saturated rings. The van der Waals surface area contributed by atoms with Crippen LogP contribution in [0, 0.1) is 0 Å². The van der Waals surface area contributed by atoms with E-state index < -0.39 is 10.0 Å². The molecule has 0 aromatic heterocycles. The Hall–Kier alpha value is -1.15. The molecule has 0 aliphatic rings. The largest absolute Gasteiger partial charge is 0.399 e. The third kappa shape index (κ3) is 4.46. The number of sulfonamides is 1. The fourth-order valence-corrected chi connectivity index (χ4v) is 3.03. The summed E-state index contributed by atoms with van der Waals surface area (Å²) in [6.07, 6.45) is 0. The minimum absolute atomic E-state index is 0.180. The molecular weight excluding hydrogens is 268 g/mol. The van der Waals surface area contributed by atoms with E-state index in [1.54, 1.807) is 12.1 Å². The number of nitrogens with two attached hydrogens (primary N) is 1. The van der Waals surface area contributed by atoms with Gasteiger partial charge in [-0.3, -0.25) is 0 Å². The predicted octanol–water partition coefficient (Wildman–Crippen LogP) is 0.552. The van der Waals surface area contributed by atoms with Crippen molar-refractivity contribution in [3.63, 3.8) is 0 Å². The number of nitrogen functional groups attached to an aromatic ring is 1. The van der Waals surface area contributed by atoms with Crippen LogP contribution in [0.1, 0.15) is 0 Å². The molecule has 0 saturated carbocycles. The Bertz CT molecular complexity index is 482. The molecule has 0 amide bonds. The highest BCUT2D eigenvalue weighted by molar-refractivity contribution is 7.89. The van der Waals surface area contributed by atoms with Gasteiger partial charge >= 0.3 is 0 Å². The molecule has 6 nitrogen and oxygen atoms in total. The van der Waals surface area contributed by atoms with E-state index in [0.717, 1.165) is 0 Å². The summed E-state index contributed by atoms with van der Waals surface area (Å²) < 4.78 is 36.1. The van der Waals surface area contributed by atoms with Crippen LogP contribution in [0.5, 0.6) is 0 Å². The first kappa shape index (κ1) is 15.9. The summed E-state index contributed by atoms with van der Waals surface area (Å²) >= 11 is 0. The molecule has 19 heavy (non-hydrogen) atoms. The van der Waals surface area contributed by atoms with E-state index in [2.05, 4.69) is 0 Å². The van der Waals surface area contributed by atoms with Crippen LogP contribution in [-0.4, -0.2) is 53.2 Å². The Labute approximate surface area is 114 Å². The zero-order valence-electron chi connectivity index (χ0n) is 11.2. The lowest BCUT2D eigenvalue weighted by atomic mass is 10.3. The van der Waals surface area contributed by atoms with Gasteiger partial charge in [0.1, 0.15) is 0 Å². The number of rotatable bonds is 8. The summed E-state index contributed by atoms with van der Waals surface area (Å²) in [5, 5.41) is 0. The van der Waals surface area contributed by atoms with E-state index in [9.17, 15) is 8.42 Å². The van der Waals surface area contributed by atoms with Gasteiger partial charge in [-0.1, -0.05) is 6.07 Å². The Morgan fingerprint density at radius 3 is 2.21 bits per heavy atom. The maximum Gasteiger partial charge on any atom is 0.243 e. The smallest absolute Gasteiger partial charge is 0.243 e. The van der Waals surface area contributed by atoms with Crippen molar-refractivity contribution in [1.29, 1.82) is 0 Å². The standard InChI is InChI=1S/C12H20N2O4S/c1-17-8-6-14(7-9-18-2)19(15,16)12-5-3-4-11(13)10-12/h3-5,10H,6-9,13H2,1-2H3. The number of methoxy groups -OCH3 is 2. The molecule has 0 saturated heterocycles. The Balaban J connectivity index is 2.97. The second kappa shape index (κ2) is 7.44. The summed E-state index contributed by atoms with van der Waals surface area (Å²) in [4.78, 5) is 0.180. The Morgan fingerprint density at radius 2 is 1.74 bits per heavy atom. The molecule has 7 heteroatoms. The topological polar surface area (TPSA) is 81.9 Å². The van der Waals surface area contributed by atoms with Crippen LogP contribution in [0.2, 0.25) is 0 Å². The Morgan fingerprint density at radius 1 is 1.16 bits per heavy atom. The van der Waals surface area contributed by atoms with Gasteiger partial charge in [-0.05, 0) is 18.2 Å². The second-order valence-electron chi connectivity index (χ2n) is 3.96. The zero-order valence-corrected chi connectivity index (χ0v) is 12.0. The average molecular weight is 288 g/mol. The van der Waals surface area contributed by atoms with Gasteiger partial charge in [-0.2, -0.15) is 4.31 Å². The molecule has 0 aliphatic heterocycles. The molecule has 0 heterocycles. The van der Waals surface area contributed by atoms with E-state index in [4.69, 9.17) is 15.2 Å². The van der Waals surface area contributed by atoms with Crippen molar-refractivity contribution in [3.8, 4) is 0 Å². The summed E-state index contributed by atoms with van der Waals surface area (Å²) in [6, 6.07) is 6.24. The summed E-state index contributed by atoms with van der Waals surface area (Å²) in [5.74, 6) is 0. The fourth-order valence-electron chi connectivity index (χ4n) is 1.56. The lowest BCUT2D eigenvalue weighted by Crippen LogP contribution is -2.36. The van der Waals surface area contributed by atoms with Gasteiger partial charge in [-0.15, -0.1) is 0 Å². The number of hydrogen-bond donors (Lipinski definition) is 1. The summed E-state index contributed by atoms with van der Waals surface area (Å²) in [7, 11) is -0.516. The van der Waals surface area contributed by atoms with Crippen molar-refractivity contribution in [2.75, 3.05) is 46.3 Å². The third-order valence-electron chi connectivity index (χ3n) is 2.59. The minimum Gasteiger partial charge on any atom is -0.399 e.